The number of carbonyl (C=O) groups is 1. The van der Waals surface area contributed by atoms with Crippen LogP contribution in [0, 0.1) is 5.92 Å². The normalized spacial score (nSPS) is 22.9. The van der Waals surface area contributed by atoms with Crippen LogP contribution in [0.5, 0.6) is 0 Å². The van der Waals surface area contributed by atoms with Gasteiger partial charge in [-0.2, -0.15) is 0 Å². The number of hydrogen-bond acceptors (Lipinski definition) is 6. The molecule has 1 aliphatic rings. The molecule has 0 radical (unpaired) electrons. The first-order chi connectivity index (χ1) is 11.9. The Morgan fingerprint density at radius 1 is 1.36 bits per heavy atom. The second-order valence-corrected chi connectivity index (χ2v) is 7.76. The van der Waals surface area contributed by atoms with Gasteiger partial charge in [0.1, 0.15) is 5.69 Å². The molecule has 0 bridgehead atoms. The summed E-state index contributed by atoms with van der Waals surface area (Å²) in [5, 5.41) is 5.46. The highest BCUT2D eigenvalue weighted by atomic mass is 32.1. The predicted molar refractivity (Wildman–Crippen MR) is 98.7 cm³/mol. The Morgan fingerprint density at radius 2 is 2.08 bits per heavy atom. The number of nitrogens with one attached hydrogen (secondary N) is 1. The molecule has 2 aromatic heterocycles. The number of amides is 1. The smallest absolute Gasteiger partial charge is 0.243 e. The van der Waals surface area contributed by atoms with E-state index in [1.807, 2.05) is 17.5 Å². The van der Waals surface area contributed by atoms with Gasteiger partial charge in [0.05, 0.1) is 24.5 Å². The highest BCUT2D eigenvalue weighted by Crippen LogP contribution is 2.26. The van der Waals surface area contributed by atoms with Crippen molar-refractivity contribution < 1.29 is 13.9 Å². The third-order valence-electron chi connectivity index (χ3n) is 4.25. The number of anilines is 1. The molecule has 7 heteroatoms. The van der Waals surface area contributed by atoms with Crippen molar-refractivity contribution in [1.82, 2.24) is 9.88 Å². The van der Waals surface area contributed by atoms with Crippen LogP contribution in [0.1, 0.15) is 27.7 Å². The minimum atomic E-state index is -0.204. The summed E-state index contributed by atoms with van der Waals surface area (Å²) < 4.78 is 11.1. The lowest BCUT2D eigenvalue weighted by molar-refractivity contribution is -0.130. The summed E-state index contributed by atoms with van der Waals surface area (Å²) in [6, 6.07) is 3.47. The van der Waals surface area contributed by atoms with E-state index in [-0.39, 0.29) is 30.1 Å². The molecule has 0 spiro atoms. The summed E-state index contributed by atoms with van der Waals surface area (Å²) >= 11 is 1.41. The van der Waals surface area contributed by atoms with E-state index in [0.29, 0.717) is 10.9 Å². The average Bonchev–Trinajstić information content (AvgIpc) is 3.16. The van der Waals surface area contributed by atoms with Crippen LogP contribution in [-0.4, -0.2) is 47.1 Å². The zero-order chi connectivity index (χ0) is 18.0. The summed E-state index contributed by atoms with van der Waals surface area (Å²) in [6.45, 7) is 9.77. The Morgan fingerprint density at radius 3 is 2.68 bits per heavy atom. The number of carbonyl (C=O) groups excluding carboxylic acids is 1. The largest absolute Gasteiger partial charge is 0.463 e. The van der Waals surface area contributed by atoms with Crippen molar-refractivity contribution >= 4 is 22.4 Å². The summed E-state index contributed by atoms with van der Waals surface area (Å²) in [7, 11) is 0. The van der Waals surface area contributed by atoms with Crippen molar-refractivity contribution in [2.24, 2.45) is 5.92 Å². The molecule has 136 valence electrons. The van der Waals surface area contributed by atoms with Crippen LogP contribution in [0.2, 0.25) is 0 Å². The monoisotopic (exact) mass is 363 g/mol. The van der Waals surface area contributed by atoms with Crippen LogP contribution in [0.25, 0.3) is 11.5 Å². The number of hydrogen-bond donors (Lipinski definition) is 1. The Bertz CT molecular complexity index is 688. The average molecular weight is 363 g/mol. The van der Waals surface area contributed by atoms with E-state index >= 15 is 0 Å². The maximum atomic E-state index is 12.9. The van der Waals surface area contributed by atoms with Gasteiger partial charge in [-0.15, -0.1) is 11.3 Å². The number of thiazole rings is 1. The van der Waals surface area contributed by atoms with Crippen molar-refractivity contribution in [3.8, 4) is 11.5 Å². The first kappa shape index (κ1) is 18.1. The quantitative estimate of drug-likeness (QED) is 0.881. The summed E-state index contributed by atoms with van der Waals surface area (Å²) in [6.07, 6.45) is 1.87. The van der Waals surface area contributed by atoms with Gasteiger partial charge in [0, 0.05) is 18.5 Å². The number of rotatable bonds is 5. The fourth-order valence-electron chi connectivity index (χ4n) is 3.38. The lowest BCUT2D eigenvalue weighted by atomic mass is 10.00. The topological polar surface area (TPSA) is 67.6 Å². The van der Waals surface area contributed by atoms with Gasteiger partial charge in [-0.05, 0) is 31.9 Å². The molecule has 0 aromatic carbocycles. The Hall–Kier alpha value is -1.70. The van der Waals surface area contributed by atoms with Gasteiger partial charge in [-0.1, -0.05) is 13.8 Å². The van der Waals surface area contributed by atoms with Crippen LogP contribution < -0.4 is 5.32 Å². The molecule has 1 N–H and O–H groups in total. The Balaban J connectivity index is 1.71. The Labute approximate surface area is 152 Å². The van der Waals surface area contributed by atoms with Gasteiger partial charge < -0.3 is 14.5 Å². The fraction of sp³-hybridized carbons (Fsp3) is 0.556. The van der Waals surface area contributed by atoms with E-state index in [9.17, 15) is 4.79 Å². The van der Waals surface area contributed by atoms with Gasteiger partial charge in [0.2, 0.25) is 5.91 Å². The molecule has 1 fully saturated rings. The second-order valence-electron chi connectivity index (χ2n) is 6.90. The predicted octanol–water partition coefficient (Wildman–Crippen LogP) is 3.48. The molecule has 3 rings (SSSR count). The van der Waals surface area contributed by atoms with Crippen molar-refractivity contribution in [2.45, 2.75) is 45.9 Å². The molecule has 1 amide bonds. The molecule has 0 saturated carbocycles. The molecule has 1 aliphatic heterocycles. The van der Waals surface area contributed by atoms with Gasteiger partial charge in [0.25, 0.3) is 0 Å². The van der Waals surface area contributed by atoms with Crippen LogP contribution in [0.4, 0.5) is 5.13 Å². The Kier molecular flexibility index (Phi) is 5.56. The molecule has 2 aromatic rings. The fourth-order valence-corrected chi connectivity index (χ4v) is 4.09. The minimum Gasteiger partial charge on any atom is -0.463 e. The molecule has 3 atom stereocenters. The molecule has 1 saturated heterocycles. The second kappa shape index (κ2) is 7.68. The van der Waals surface area contributed by atoms with E-state index < -0.39 is 0 Å². The summed E-state index contributed by atoms with van der Waals surface area (Å²) in [5.41, 5.74) is 0.736. The lowest BCUT2D eigenvalue weighted by Gasteiger charge is -2.40. The van der Waals surface area contributed by atoms with E-state index in [0.717, 1.165) is 18.8 Å². The van der Waals surface area contributed by atoms with E-state index in [4.69, 9.17) is 9.15 Å². The van der Waals surface area contributed by atoms with E-state index in [1.54, 1.807) is 6.26 Å². The van der Waals surface area contributed by atoms with Crippen molar-refractivity contribution in [3.05, 3.63) is 23.8 Å². The van der Waals surface area contributed by atoms with Crippen molar-refractivity contribution in [2.75, 3.05) is 18.4 Å². The highest BCUT2D eigenvalue weighted by molar-refractivity contribution is 7.14. The number of ether oxygens (including phenoxy) is 1. The molecule has 0 aliphatic carbocycles. The van der Waals surface area contributed by atoms with E-state index in [2.05, 4.69) is 42.9 Å². The molecular formula is C18H25N3O3S. The van der Waals surface area contributed by atoms with Crippen LogP contribution in [-0.2, 0) is 9.53 Å². The number of aromatic nitrogens is 1. The number of furan rings is 1. The van der Waals surface area contributed by atoms with Gasteiger partial charge in [0.15, 0.2) is 10.9 Å². The van der Waals surface area contributed by atoms with E-state index in [1.165, 1.54) is 11.3 Å². The van der Waals surface area contributed by atoms with Gasteiger partial charge in [-0.25, -0.2) is 4.98 Å². The molecule has 3 heterocycles. The molecule has 3 unspecified atom stereocenters. The molecule has 25 heavy (non-hydrogen) atoms. The minimum absolute atomic E-state index is 0.0170. The van der Waals surface area contributed by atoms with Gasteiger partial charge in [-0.3, -0.25) is 9.69 Å². The summed E-state index contributed by atoms with van der Waals surface area (Å²) in [4.78, 5) is 19.6. The van der Waals surface area contributed by atoms with Crippen LogP contribution in [0.3, 0.4) is 0 Å². The third-order valence-corrected chi connectivity index (χ3v) is 5.01. The van der Waals surface area contributed by atoms with Crippen LogP contribution in [0.15, 0.2) is 28.2 Å². The van der Waals surface area contributed by atoms with Crippen LogP contribution >= 0.6 is 11.3 Å². The first-order valence-electron chi connectivity index (χ1n) is 8.63. The number of morpholine rings is 1. The standard InChI is InChI=1S/C18H25N3O3S/c1-11(2)16(21-8-12(3)24-13(4)9-21)17(22)20-18-19-14(10-25-18)15-6-5-7-23-15/h5-7,10-13,16H,8-9H2,1-4H3,(H,19,20,22). The first-order valence-corrected chi connectivity index (χ1v) is 9.51. The van der Waals surface area contributed by atoms with Gasteiger partial charge >= 0.3 is 0 Å². The maximum absolute atomic E-state index is 12.9. The highest BCUT2D eigenvalue weighted by Gasteiger charge is 2.34. The van der Waals surface area contributed by atoms with Crippen molar-refractivity contribution in [1.29, 1.82) is 0 Å². The molecule has 6 nitrogen and oxygen atoms in total. The third kappa shape index (κ3) is 4.29. The summed E-state index contributed by atoms with van der Waals surface area (Å²) in [5.74, 6) is 0.881. The zero-order valence-electron chi connectivity index (χ0n) is 15.1. The number of nitrogens with zero attached hydrogens (tertiary/aromatic N) is 2. The molecular weight excluding hydrogens is 338 g/mol. The SMILES string of the molecule is CC1CN(C(C(=O)Nc2nc(-c3ccco3)cs2)C(C)C)CC(C)O1. The zero-order valence-corrected chi connectivity index (χ0v) is 15.9. The lowest BCUT2D eigenvalue weighted by Crippen LogP contribution is -2.55. The maximum Gasteiger partial charge on any atom is 0.243 e. The van der Waals surface area contributed by atoms with Crippen molar-refractivity contribution in [3.63, 3.8) is 0 Å².